The van der Waals surface area contributed by atoms with E-state index in [9.17, 15) is 15.0 Å². The Morgan fingerprint density at radius 2 is 2.14 bits per heavy atom. The Morgan fingerprint density at radius 3 is 2.89 bits per heavy atom. The number of phenolic OH excluding ortho intramolecular Hbond substituents is 1. The third-order valence-electron chi connectivity index (χ3n) is 8.95. The highest BCUT2D eigenvalue weighted by molar-refractivity contribution is 5.91. The van der Waals surface area contributed by atoms with Gasteiger partial charge in [-0.2, -0.15) is 0 Å². The summed E-state index contributed by atoms with van der Waals surface area (Å²) in [5.74, 6) is 1.00. The quantitative estimate of drug-likeness (QED) is 0.641. The van der Waals surface area contributed by atoms with Gasteiger partial charge in [0.15, 0.2) is 11.5 Å². The van der Waals surface area contributed by atoms with Gasteiger partial charge in [-0.15, -0.1) is 0 Å². The molecular formula is C28H34N2O5. The molecule has 0 radical (unpaired) electrons. The van der Waals surface area contributed by atoms with E-state index in [1.54, 1.807) is 41.7 Å². The number of rotatable bonds is 5. The van der Waals surface area contributed by atoms with Crippen LogP contribution >= 0.6 is 0 Å². The maximum atomic E-state index is 13.2. The fourth-order valence-corrected chi connectivity index (χ4v) is 7.51. The molecule has 4 aliphatic rings. The van der Waals surface area contributed by atoms with Crippen molar-refractivity contribution in [2.75, 3.05) is 20.1 Å². The summed E-state index contributed by atoms with van der Waals surface area (Å²) in [6.45, 7) is 6.24. The topological polar surface area (TPSA) is 86.4 Å². The molecule has 1 amide bonds. The first-order chi connectivity index (χ1) is 16.8. The number of piperidine rings is 1. The molecule has 7 nitrogen and oxygen atoms in total. The van der Waals surface area contributed by atoms with Gasteiger partial charge in [0.1, 0.15) is 6.10 Å². The number of carbonyl (C=O) groups excluding carboxylic acids is 1. The van der Waals surface area contributed by atoms with Crippen molar-refractivity contribution in [3.05, 3.63) is 53.5 Å². The highest BCUT2D eigenvalue weighted by Crippen LogP contribution is 2.65. The summed E-state index contributed by atoms with van der Waals surface area (Å²) in [5, 5.41) is 23.3. The van der Waals surface area contributed by atoms with Crippen molar-refractivity contribution in [1.29, 1.82) is 0 Å². The molecule has 2 aliphatic carbocycles. The molecule has 2 aliphatic heterocycles. The van der Waals surface area contributed by atoms with Crippen molar-refractivity contribution >= 4 is 12.0 Å². The first-order valence-corrected chi connectivity index (χ1v) is 12.7. The van der Waals surface area contributed by atoms with Gasteiger partial charge in [-0.05, 0) is 61.9 Å². The van der Waals surface area contributed by atoms with Crippen LogP contribution in [0.4, 0.5) is 0 Å². The third-order valence-corrected chi connectivity index (χ3v) is 8.95. The highest BCUT2D eigenvalue weighted by Gasteiger charge is 2.73. The number of likely N-dealkylation sites (N-methyl/N-ethyl adjacent to an activating group) is 1. The van der Waals surface area contributed by atoms with Gasteiger partial charge in [-0.1, -0.05) is 19.9 Å². The molecule has 0 unspecified atom stereocenters. The van der Waals surface area contributed by atoms with E-state index >= 15 is 0 Å². The fourth-order valence-electron chi connectivity index (χ4n) is 7.51. The lowest BCUT2D eigenvalue weighted by Crippen LogP contribution is -2.78. The molecule has 5 atom stereocenters. The molecule has 1 aromatic heterocycles. The van der Waals surface area contributed by atoms with Crippen LogP contribution in [0.1, 0.15) is 49.8 Å². The van der Waals surface area contributed by atoms with E-state index in [4.69, 9.17) is 9.15 Å². The van der Waals surface area contributed by atoms with Gasteiger partial charge in [0.05, 0.1) is 29.6 Å². The fraction of sp³-hybridized carbons (Fsp3) is 0.536. The second-order valence-corrected chi connectivity index (χ2v) is 11.2. The number of likely N-dealkylation sites (tertiary alicyclic amines) is 1. The molecule has 186 valence electrons. The second-order valence-electron chi connectivity index (χ2n) is 11.2. The summed E-state index contributed by atoms with van der Waals surface area (Å²) in [6, 6.07) is 5.30. The Bertz CT molecular complexity index is 1170. The molecule has 6 rings (SSSR count). The zero-order valence-electron chi connectivity index (χ0n) is 20.6. The SMILES string of the molecule is CC(C)CN1CC[C@]23c4c5ccc(O)c4O[C@H]2[C@H](N(C)C(=O)/C=C/c2ccoc2)CC[C@@]3(O)[C@H]1C5. The number of amides is 1. The number of furan rings is 1. The van der Waals surface area contributed by atoms with Crippen LogP contribution in [0.5, 0.6) is 11.5 Å². The lowest BCUT2D eigenvalue weighted by molar-refractivity contribution is -0.200. The Hall–Kier alpha value is -2.77. The molecule has 1 saturated heterocycles. The van der Waals surface area contributed by atoms with Crippen molar-refractivity contribution < 1.29 is 24.2 Å². The van der Waals surface area contributed by atoms with E-state index in [1.165, 1.54) is 0 Å². The van der Waals surface area contributed by atoms with Gasteiger partial charge >= 0.3 is 0 Å². The van der Waals surface area contributed by atoms with Crippen molar-refractivity contribution in [3.8, 4) is 11.5 Å². The summed E-state index contributed by atoms with van der Waals surface area (Å²) in [5.41, 5.74) is 1.35. The zero-order valence-corrected chi connectivity index (χ0v) is 20.6. The Labute approximate surface area is 206 Å². The van der Waals surface area contributed by atoms with Crippen molar-refractivity contribution in [1.82, 2.24) is 9.80 Å². The number of nitrogens with zero attached hydrogens (tertiary/aromatic N) is 2. The zero-order chi connectivity index (χ0) is 24.5. The molecule has 1 spiro atoms. The predicted octanol–water partition coefficient (Wildman–Crippen LogP) is 3.34. The van der Waals surface area contributed by atoms with Crippen LogP contribution in [0.15, 0.2) is 41.2 Å². The molecule has 2 bridgehead atoms. The number of phenols is 1. The van der Waals surface area contributed by atoms with Crippen LogP contribution in [0, 0.1) is 5.92 Å². The van der Waals surface area contributed by atoms with Gasteiger partial charge in [0, 0.05) is 36.8 Å². The van der Waals surface area contributed by atoms with E-state index in [1.807, 2.05) is 13.1 Å². The van der Waals surface area contributed by atoms with Gasteiger partial charge < -0.3 is 24.3 Å². The molecule has 35 heavy (non-hydrogen) atoms. The first-order valence-electron chi connectivity index (χ1n) is 12.7. The molecule has 7 heteroatoms. The summed E-state index contributed by atoms with van der Waals surface area (Å²) in [7, 11) is 1.81. The normalized spacial score (nSPS) is 33.1. The standard InChI is InChI=1S/C28H34N2O5/c1-17(2)15-30-12-11-27-24-19-5-6-21(31)25(24)35-26(27)20(8-10-28(27,33)22(30)14-19)29(3)23(32)7-4-18-9-13-34-16-18/h4-7,9,13,16-17,20,22,26,31,33H,8,10-12,14-15H2,1-3H3/b7-4+/t20-,22-,26+,27+,28-/m1/s1. The van der Waals surface area contributed by atoms with E-state index in [0.717, 1.165) is 42.6 Å². The van der Waals surface area contributed by atoms with Crippen LogP contribution in [0.2, 0.25) is 0 Å². The minimum Gasteiger partial charge on any atom is -0.504 e. The lowest BCUT2D eigenvalue weighted by Gasteiger charge is -2.64. The minimum absolute atomic E-state index is 0.00399. The van der Waals surface area contributed by atoms with Gasteiger partial charge in [0.2, 0.25) is 5.91 Å². The van der Waals surface area contributed by atoms with Crippen LogP contribution in [0.25, 0.3) is 6.08 Å². The average Bonchev–Trinajstić information content (AvgIpc) is 3.46. The molecule has 2 fully saturated rings. The van der Waals surface area contributed by atoms with E-state index in [2.05, 4.69) is 18.7 Å². The van der Waals surface area contributed by atoms with Crippen molar-refractivity contribution in [2.45, 2.75) is 68.7 Å². The van der Waals surface area contributed by atoms with Crippen LogP contribution in [-0.2, 0) is 16.6 Å². The van der Waals surface area contributed by atoms with Crippen LogP contribution in [-0.4, -0.2) is 69.8 Å². The summed E-state index contributed by atoms with van der Waals surface area (Å²) in [6.07, 6.45) is 8.78. The van der Waals surface area contributed by atoms with Crippen molar-refractivity contribution in [3.63, 3.8) is 0 Å². The third kappa shape index (κ3) is 3.07. The first kappa shape index (κ1) is 22.7. The van der Waals surface area contributed by atoms with E-state index < -0.39 is 17.1 Å². The monoisotopic (exact) mass is 478 g/mol. The van der Waals surface area contributed by atoms with Crippen molar-refractivity contribution in [2.24, 2.45) is 5.92 Å². The second kappa shape index (κ2) is 7.87. The largest absolute Gasteiger partial charge is 0.504 e. The van der Waals surface area contributed by atoms with Gasteiger partial charge in [-0.25, -0.2) is 0 Å². The molecule has 1 aromatic carbocycles. The van der Waals surface area contributed by atoms with Crippen LogP contribution in [0.3, 0.4) is 0 Å². The van der Waals surface area contributed by atoms with Gasteiger partial charge in [0.25, 0.3) is 0 Å². The predicted molar refractivity (Wildman–Crippen MR) is 131 cm³/mol. The maximum absolute atomic E-state index is 13.2. The number of carbonyl (C=O) groups is 1. The van der Waals surface area contributed by atoms with E-state index in [0.29, 0.717) is 24.5 Å². The Balaban J connectivity index is 1.40. The summed E-state index contributed by atoms with van der Waals surface area (Å²) >= 11 is 0. The number of benzene rings is 1. The maximum Gasteiger partial charge on any atom is 0.246 e. The molecule has 2 aromatic rings. The lowest BCUT2D eigenvalue weighted by atomic mass is 9.48. The number of ether oxygens (including phenoxy) is 1. The summed E-state index contributed by atoms with van der Waals surface area (Å²) < 4.78 is 11.7. The molecule has 2 N–H and O–H groups in total. The molecule has 3 heterocycles. The average molecular weight is 479 g/mol. The van der Waals surface area contributed by atoms with Crippen LogP contribution < -0.4 is 4.74 Å². The van der Waals surface area contributed by atoms with Gasteiger partial charge in [-0.3, -0.25) is 9.69 Å². The van der Waals surface area contributed by atoms with E-state index in [-0.39, 0.29) is 23.7 Å². The Morgan fingerprint density at radius 1 is 1.31 bits per heavy atom. The number of hydrogen-bond acceptors (Lipinski definition) is 6. The number of aromatic hydroxyl groups is 1. The number of aliphatic hydroxyl groups is 1. The highest BCUT2D eigenvalue weighted by atomic mass is 16.5. The minimum atomic E-state index is -0.968. The number of hydrogen-bond donors (Lipinski definition) is 2. The smallest absolute Gasteiger partial charge is 0.246 e. The molecule has 1 saturated carbocycles. The summed E-state index contributed by atoms with van der Waals surface area (Å²) in [4.78, 5) is 17.4. The molecular weight excluding hydrogens is 444 g/mol. The Kier molecular flexibility index (Phi) is 5.10.